The second kappa shape index (κ2) is 6.82. The second-order valence-electron chi connectivity index (χ2n) is 6.55. The Labute approximate surface area is 167 Å². The lowest BCUT2D eigenvalue weighted by Gasteiger charge is -2.19. The number of imidazole rings is 1. The van der Waals surface area contributed by atoms with Crippen LogP contribution in [0.2, 0.25) is 0 Å². The fourth-order valence-corrected chi connectivity index (χ4v) is 4.35. The third-order valence-electron chi connectivity index (χ3n) is 4.64. The van der Waals surface area contributed by atoms with Crippen LogP contribution in [0.25, 0.3) is 16.9 Å². The Balaban J connectivity index is 1.52. The number of nitrogens with zero attached hydrogens (tertiary/aromatic N) is 2. The van der Waals surface area contributed by atoms with Gasteiger partial charge in [-0.1, -0.05) is 24.3 Å². The number of nitrogens with one attached hydrogen (secondary N) is 1. The first-order valence-corrected chi connectivity index (χ1v) is 10.5. The molecular formula is C21H17N3O4S. The van der Waals surface area contributed by atoms with Crippen molar-refractivity contribution in [1.29, 1.82) is 0 Å². The van der Waals surface area contributed by atoms with E-state index >= 15 is 0 Å². The van der Waals surface area contributed by atoms with Gasteiger partial charge < -0.3 is 13.9 Å². The number of ether oxygens (including phenoxy) is 2. The van der Waals surface area contributed by atoms with E-state index in [4.69, 9.17) is 9.47 Å². The molecule has 0 unspecified atom stereocenters. The monoisotopic (exact) mass is 407 g/mol. The van der Waals surface area contributed by atoms with Gasteiger partial charge in [0, 0.05) is 24.0 Å². The molecule has 1 aliphatic heterocycles. The Morgan fingerprint density at radius 2 is 1.72 bits per heavy atom. The summed E-state index contributed by atoms with van der Waals surface area (Å²) in [6, 6.07) is 17.5. The van der Waals surface area contributed by atoms with Crippen LogP contribution in [0, 0.1) is 0 Å². The summed E-state index contributed by atoms with van der Waals surface area (Å²) in [7, 11) is -3.83. The molecule has 0 amide bonds. The lowest BCUT2D eigenvalue weighted by Crippen LogP contribution is -2.17. The van der Waals surface area contributed by atoms with Gasteiger partial charge in [0.05, 0.1) is 16.3 Å². The van der Waals surface area contributed by atoms with Gasteiger partial charge in [-0.3, -0.25) is 4.72 Å². The zero-order chi connectivity index (χ0) is 19.8. The maximum atomic E-state index is 13.0. The molecule has 0 aliphatic carbocycles. The molecule has 0 saturated carbocycles. The highest BCUT2D eigenvalue weighted by molar-refractivity contribution is 7.92. The largest absolute Gasteiger partial charge is 0.486 e. The Morgan fingerprint density at radius 1 is 0.931 bits per heavy atom. The predicted octanol–water partition coefficient (Wildman–Crippen LogP) is 3.57. The first-order valence-electron chi connectivity index (χ1n) is 9.06. The third kappa shape index (κ3) is 3.27. The number of aromatic nitrogens is 2. The van der Waals surface area contributed by atoms with Crippen LogP contribution in [0.15, 0.2) is 78.0 Å². The normalized spacial score (nSPS) is 13.4. The first kappa shape index (κ1) is 17.6. The smallest absolute Gasteiger partial charge is 0.262 e. The second-order valence-corrected chi connectivity index (χ2v) is 8.23. The molecule has 7 nitrogen and oxygen atoms in total. The molecule has 146 valence electrons. The van der Waals surface area contributed by atoms with Gasteiger partial charge in [-0.25, -0.2) is 13.4 Å². The highest BCUT2D eigenvalue weighted by Crippen LogP contribution is 2.34. The fraction of sp³-hybridized carbons (Fsp3) is 0.0952. The van der Waals surface area contributed by atoms with Crippen LogP contribution >= 0.6 is 0 Å². The van der Waals surface area contributed by atoms with Crippen LogP contribution in [0.4, 0.5) is 5.69 Å². The topological polar surface area (TPSA) is 81.9 Å². The molecule has 0 saturated heterocycles. The molecule has 0 atom stereocenters. The Morgan fingerprint density at radius 3 is 2.59 bits per heavy atom. The number of hydrogen-bond donors (Lipinski definition) is 1. The van der Waals surface area contributed by atoms with Gasteiger partial charge in [0.1, 0.15) is 18.9 Å². The van der Waals surface area contributed by atoms with Gasteiger partial charge in [-0.15, -0.1) is 0 Å². The molecule has 5 rings (SSSR count). The molecule has 1 N–H and O–H groups in total. The van der Waals surface area contributed by atoms with Gasteiger partial charge >= 0.3 is 0 Å². The fourth-order valence-electron chi connectivity index (χ4n) is 3.25. The molecule has 4 aromatic rings. The van der Waals surface area contributed by atoms with Crippen LogP contribution in [0.3, 0.4) is 0 Å². The average Bonchev–Trinajstić information content (AvgIpc) is 3.17. The Hall–Kier alpha value is -3.52. The quantitative estimate of drug-likeness (QED) is 0.559. The van der Waals surface area contributed by atoms with Crippen molar-refractivity contribution in [1.82, 2.24) is 9.38 Å². The molecule has 0 fully saturated rings. The van der Waals surface area contributed by atoms with Crippen molar-refractivity contribution in [3.05, 3.63) is 73.1 Å². The number of pyridine rings is 1. The van der Waals surface area contributed by atoms with E-state index in [9.17, 15) is 8.42 Å². The number of benzene rings is 2. The lowest BCUT2D eigenvalue weighted by molar-refractivity contribution is 0.171. The van der Waals surface area contributed by atoms with E-state index in [0.717, 1.165) is 5.65 Å². The molecule has 0 radical (unpaired) electrons. The molecule has 1 aliphatic rings. The molecular weight excluding hydrogens is 390 g/mol. The molecule has 8 heteroatoms. The van der Waals surface area contributed by atoms with Crippen LogP contribution < -0.4 is 14.2 Å². The Kier molecular flexibility index (Phi) is 4.13. The highest BCUT2D eigenvalue weighted by atomic mass is 32.2. The summed E-state index contributed by atoms with van der Waals surface area (Å²) < 4.78 is 41.6. The summed E-state index contributed by atoms with van der Waals surface area (Å²) in [5.74, 6) is 0.966. The van der Waals surface area contributed by atoms with Crippen molar-refractivity contribution < 1.29 is 17.9 Å². The molecule has 29 heavy (non-hydrogen) atoms. The van der Waals surface area contributed by atoms with Crippen molar-refractivity contribution in [3.63, 3.8) is 0 Å². The van der Waals surface area contributed by atoms with Crippen molar-refractivity contribution in [3.8, 4) is 22.8 Å². The standard InChI is InChI=1S/C21H17N3O4S/c25-29(26,15-8-9-19-20(13-15)28-12-11-27-19)23-17-6-2-1-5-16(17)18-14-24-10-4-3-7-21(24)22-18/h1-10,13-14,23H,11-12H2. The van der Waals surface area contributed by atoms with Gasteiger partial charge in [0.25, 0.3) is 10.0 Å². The minimum absolute atomic E-state index is 0.103. The average molecular weight is 407 g/mol. The summed E-state index contributed by atoms with van der Waals surface area (Å²) in [5.41, 5.74) is 2.60. The van der Waals surface area contributed by atoms with Crippen LogP contribution in [-0.2, 0) is 10.0 Å². The van der Waals surface area contributed by atoms with E-state index in [2.05, 4.69) is 9.71 Å². The zero-order valence-corrected chi connectivity index (χ0v) is 16.1. The summed E-state index contributed by atoms with van der Waals surface area (Å²) >= 11 is 0. The van der Waals surface area contributed by atoms with Crippen molar-refractivity contribution in [2.24, 2.45) is 0 Å². The van der Waals surface area contributed by atoms with E-state index < -0.39 is 10.0 Å². The summed E-state index contributed by atoms with van der Waals surface area (Å²) in [4.78, 5) is 4.70. The van der Waals surface area contributed by atoms with Crippen molar-refractivity contribution in [2.75, 3.05) is 17.9 Å². The lowest BCUT2D eigenvalue weighted by atomic mass is 10.1. The van der Waals surface area contributed by atoms with E-state index in [1.807, 2.05) is 47.1 Å². The number of hydrogen-bond acceptors (Lipinski definition) is 5. The highest BCUT2D eigenvalue weighted by Gasteiger charge is 2.21. The number of fused-ring (bicyclic) bond motifs is 2. The van der Waals surface area contributed by atoms with E-state index in [1.54, 1.807) is 18.2 Å². The summed E-state index contributed by atoms with van der Waals surface area (Å²) in [6.45, 7) is 0.838. The van der Waals surface area contributed by atoms with Crippen LogP contribution in [-0.4, -0.2) is 31.0 Å². The van der Waals surface area contributed by atoms with Gasteiger partial charge in [-0.05, 0) is 30.3 Å². The van der Waals surface area contributed by atoms with Gasteiger partial charge in [0.15, 0.2) is 11.5 Å². The minimum atomic E-state index is -3.83. The number of rotatable bonds is 4. The molecule has 2 aromatic heterocycles. The summed E-state index contributed by atoms with van der Waals surface area (Å²) in [6.07, 6.45) is 3.76. The zero-order valence-electron chi connectivity index (χ0n) is 15.3. The van der Waals surface area contributed by atoms with E-state index in [0.29, 0.717) is 41.7 Å². The third-order valence-corrected chi connectivity index (χ3v) is 6.00. The van der Waals surface area contributed by atoms with Crippen molar-refractivity contribution >= 4 is 21.4 Å². The maximum absolute atomic E-state index is 13.0. The summed E-state index contributed by atoms with van der Waals surface area (Å²) in [5, 5.41) is 0. The van der Waals surface area contributed by atoms with E-state index in [-0.39, 0.29) is 4.90 Å². The van der Waals surface area contributed by atoms with Gasteiger partial charge in [-0.2, -0.15) is 0 Å². The number of para-hydroxylation sites is 1. The maximum Gasteiger partial charge on any atom is 0.262 e. The van der Waals surface area contributed by atoms with E-state index in [1.165, 1.54) is 12.1 Å². The van der Waals surface area contributed by atoms with Crippen LogP contribution in [0.5, 0.6) is 11.5 Å². The molecule has 2 aromatic carbocycles. The Bertz CT molecular complexity index is 1280. The minimum Gasteiger partial charge on any atom is -0.486 e. The molecule has 0 spiro atoms. The van der Waals surface area contributed by atoms with Crippen LogP contribution in [0.1, 0.15) is 0 Å². The number of anilines is 1. The first-order chi connectivity index (χ1) is 14.1. The predicted molar refractivity (Wildman–Crippen MR) is 109 cm³/mol. The SMILES string of the molecule is O=S(=O)(Nc1ccccc1-c1cn2ccccc2n1)c1ccc2c(c1)OCCO2. The van der Waals surface area contributed by atoms with Crippen molar-refractivity contribution in [2.45, 2.75) is 4.90 Å². The van der Waals surface area contributed by atoms with Gasteiger partial charge in [0.2, 0.25) is 0 Å². The number of sulfonamides is 1. The molecule has 0 bridgehead atoms. The molecule has 3 heterocycles.